The molecule has 0 saturated carbocycles. The minimum Gasteiger partial charge on any atom is -0.330 e. The van der Waals surface area contributed by atoms with E-state index in [1.807, 2.05) is 0 Å². The van der Waals surface area contributed by atoms with Crippen LogP contribution in [0, 0.1) is 11.8 Å². The molecule has 0 radical (unpaired) electrons. The Bertz CT molecular complexity index is 154. The summed E-state index contributed by atoms with van der Waals surface area (Å²) in [6, 6.07) is 0. The second kappa shape index (κ2) is 7.98. The maximum Gasteiger partial charge on any atom is 0.137 e. The van der Waals surface area contributed by atoms with E-state index in [1.165, 1.54) is 0 Å². The van der Waals surface area contributed by atoms with Gasteiger partial charge >= 0.3 is 0 Å². The molecule has 0 aliphatic rings. The molecule has 1 atom stereocenters. The van der Waals surface area contributed by atoms with Gasteiger partial charge in [0, 0.05) is 18.9 Å². The highest BCUT2D eigenvalue weighted by molar-refractivity contribution is 5.81. The number of carbonyl (C=O) groups is 1. The van der Waals surface area contributed by atoms with Crippen molar-refractivity contribution in [3.8, 4) is 0 Å². The summed E-state index contributed by atoms with van der Waals surface area (Å²) in [5.41, 5.74) is 5.57. The van der Waals surface area contributed by atoms with E-state index in [0.717, 1.165) is 32.1 Å². The van der Waals surface area contributed by atoms with Crippen molar-refractivity contribution in [2.24, 2.45) is 17.6 Å². The van der Waals surface area contributed by atoms with Gasteiger partial charge in [-0.2, -0.15) is 0 Å². The molecule has 2 heteroatoms. The molecule has 0 aromatic rings. The number of carbonyl (C=O) groups excluding carboxylic acids is 1. The number of Topliss-reactive ketones (excluding diaryl/α,β-unsaturated/α-hetero) is 1. The second-order valence-corrected chi connectivity index (χ2v) is 4.47. The zero-order valence-corrected chi connectivity index (χ0v) is 9.88. The molecule has 1 unspecified atom stereocenters. The zero-order chi connectivity index (χ0) is 11.0. The van der Waals surface area contributed by atoms with Gasteiger partial charge < -0.3 is 5.73 Å². The molecule has 14 heavy (non-hydrogen) atoms. The molecule has 0 aromatic heterocycles. The number of hydrogen-bond donors (Lipinski definition) is 1. The topological polar surface area (TPSA) is 43.1 Å². The van der Waals surface area contributed by atoms with Gasteiger partial charge in [0.2, 0.25) is 0 Å². The van der Waals surface area contributed by atoms with Crippen LogP contribution in [0.4, 0.5) is 0 Å². The number of ketones is 1. The van der Waals surface area contributed by atoms with Crippen LogP contribution in [0.25, 0.3) is 0 Å². The summed E-state index contributed by atoms with van der Waals surface area (Å²) in [6.45, 7) is 7.01. The summed E-state index contributed by atoms with van der Waals surface area (Å²) in [5, 5.41) is 0. The lowest BCUT2D eigenvalue weighted by Gasteiger charge is -2.12. The molecular formula is C12H25NO. The monoisotopic (exact) mass is 199 g/mol. The van der Waals surface area contributed by atoms with E-state index in [1.54, 1.807) is 0 Å². The Morgan fingerprint density at radius 1 is 1.29 bits per heavy atom. The molecule has 0 aliphatic carbocycles. The molecule has 84 valence electrons. The molecule has 0 bridgehead atoms. The van der Waals surface area contributed by atoms with Crippen LogP contribution in [0.3, 0.4) is 0 Å². The van der Waals surface area contributed by atoms with Crippen LogP contribution in [0.5, 0.6) is 0 Å². The molecule has 0 amide bonds. The van der Waals surface area contributed by atoms with Gasteiger partial charge in [-0.05, 0) is 18.8 Å². The average Bonchev–Trinajstić information content (AvgIpc) is 2.13. The van der Waals surface area contributed by atoms with Crippen molar-refractivity contribution >= 4 is 5.78 Å². The van der Waals surface area contributed by atoms with Crippen LogP contribution in [0.1, 0.15) is 52.9 Å². The molecule has 0 saturated heterocycles. The van der Waals surface area contributed by atoms with Gasteiger partial charge in [0.25, 0.3) is 0 Å². The summed E-state index contributed by atoms with van der Waals surface area (Å²) >= 11 is 0. The minimum absolute atomic E-state index is 0.118. The Labute approximate surface area is 88.3 Å². The standard InChI is InChI=1S/C12H25NO/c1-4-6-11(9-13)12(14)8-5-7-10(2)3/h10-11H,4-9,13H2,1-3H3. The molecule has 2 N–H and O–H groups in total. The fourth-order valence-corrected chi connectivity index (χ4v) is 1.65. The highest BCUT2D eigenvalue weighted by Gasteiger charge is 2.14. The number of nitrogens with two attached hydrogens (primary N) is 1. The first-order valence-electron chi connectivity index (χ1n) is 5.84. The summed E-state index contributed by atoms with van der Waals surface area (Å²) in [7, 11) is 0. The van der Waals surface area contributed by atoms with E-state index in [9.17, 15) is 4.79 Å². The van der Waals surface area contributed by atoms with Gasteiger partial charge in [0.05, 0.1) is 0 Å². The Hall–Kier alpha value is -0.370. The highest BCUT2D eigenvalue weighted by Crippen LogP contribution is 2.13. The lowest BCUT2D eigenvalue weighted by atomic mass is 9.94. The van der Waals surface area contributed by atoms with E-state index >= 15 is 0 Å². The third-order valence-corrected chi connectivity index (χ3v) is 2.58. The Morgan fingerprint density at radius 3 is 2.36 bits per heavy atom. The van der Waals surface area contributed by atoms with E-state index in [0.29, 0.717) is 18.2 Å². The summed E-state index contributed by atoms with van der Waals surface area (Å²) in [5.74, 6) is 1.19. The minimum atomic E-state index is 0.118. The second-order valence-electron chi connectivity index (χ2n) is 4.47. The lowest BCUT2D eigenvalue weighted by molar-refractivity contribution is -0.122. The van der Waals surface area contributed by atoms with Crippen LogP contribution in [0.15, 0.2) is 0 Å². The van der Waals surface area contributed by atoms with Gasteiger partial charge in [-0.15, -0.1) is 0 Å². The van der Waals surface area contributed by atoms with E-state index in [-0.39, 0.29) is 5.92 Å². The first-order chi connectivity index (χ1) is 6.61. The van der Waals surface area contributed by atoms with Crippen molar-refractivity contribution in [2.45, 2.75) is 52.9 Å². The quantitative estimate of drug-likeness (QED) is 0.653. The Morgan fingerprint density at radius 2 is 1.93 bits per heavy atom. The number of hydrogen-bond acceptors (Lipinski definition) is 2. The van der Waals surface area contributed by atoms with E-state index in [4.69, 9.17) is 5.73 Å². The van der Waals surface area contributed by atoms with Crippen LogP contribution in [0.2, 0.25) is 0 Å². The predicted octanol–water partition coefficient (Wildman–Crippen LogP) is 2.76. The molecule has 0 aromatic carbocycles. The third-order valence-electron chi connectivity index (χ3n) is 2.58. The van der Waals surface area contributed by atoms with Crippen LogP contribution in [-0.2, 0) is 4.79 Å². The van der Waals surface area contributed by atoms with Gasteiger partial charge in [-0.25, -0.2) is 0 Å². The van der Waals surface area contributed by atoms with E-state index < -0.39 is 0 Å². The summed E-state index contributed by atoms with van der Waals surface area (Å²) in [6.07, 6.45) is 4.90. The Kier molecular flexibility index (Phi) is 7.77. The molecule has 0 aliphatic heterocycles. The van der Waals surface area contributed by atoms with Gasteiger partial charge in [-0.1, -0.05) is 33.6 Å². The SMILES string of the molecule is CCCC(CN)C(=O)CCCC(C)C. The van der Waals surface area contributed by atoms with Crippen molar-refractivity contribution < 1.29 is 4.79 Å². The summed E-state index contributed by atoms with van der Waals surface area (Å²) in [4.78, 5) is 11.7. The maximum absolute atomic E-state index is 11.7. The van der Waals surface area contributed by atoms with Crippen molar-refractivity contribution in [1.29, 1.82) is 0 Å². The lowest BCUT2D eigenvalue weighted by Crippen LogP contribution is -2.23. The van der Waals surface area contributed by atoms with Gasteiger partial charge in [-0.3, -0.25) is 4.79 Å². The molecule has 0 rings (SSSR count). The zero-order valence-electron chi connectivity index (χ0n) is 9.88. The first kappa shape index (κ1) is 13.6. The molecule has 0 heterocycles. The van der Waals surface area contributed by atoms with Crippen LogP contribution in [-0.4, -0.2) is 12.3 Å². The molecule has 0 fully saturated rings. The van der Waals surface area contributed by atoms with Crippen molar-refractivity contribution in [2.75, 3.05) is 6.54 Å². The van der Waals surface area contributed by atoms with Crippen molar-refractivity contribution in [3.63, 3.8) is 0 Å². The van der Waals surface area contributed by atoms with Gasteiger partial charge in [0.1, 0.15) is 5.78 Å². The summed E-state index contributed by atoms with van der Waals surface area (Å²) < 4.78 is 0. The van der Waals surface area contributed by atoms with Crippen molar-refractivity contribution in [3.05, 3.63) is 0 Å². The van der Waals surface area contributed by atoms with Crippen LogP contribution >= 0.6 is 0 Å². The van der Waals surface area contributed by atoms with Crippen LogP contribution < -0.4 is 5.73 Å². The smallest absolute Gasteiger partial charge is 0.137 e. The van der Waals surface area contributed by atoms with Gasteiger partial charge in [0.15, 0.2) is 0 Å². The average molecular weight is 199 g/mol. The van der Waals surface area contributed by atoms with Crippen molar-refractivity contribution in [1.82, 2.24) is 0 Å². The Balaban J connectivity index is 3.69. The molecular weight excluding hydrogens is 174 g/mol. The largest absolute Gasteiger partial charge is 0.330 e. The predicted molar refractivity (Wildman–Crippen MR) is 61.1 cm³/mol. The highest BCUT2D eigenvalue weighted by atomic mass is 16.1. The normalized spacial score (nSPS) is 13.2. The molecule has 2 nitrogen and oxygen atoms in total. The van der Waals surface area contributed by atoms with E-state index in [2.05, 4.69) is 20.8 Å². The third kappa shape index (κ3) is 6.14. The maximum atomic E-state index is 11.7. The fraction of sp³-hybridized carbons (Fsp3) is 0.917. The molecule has 0 spiro atoms. The number of rotatable bonds is 8. The first-order valence-corrected chi connectivity index (χ1v) is 5.84. The fourth-order valence-electron chi connectivity index (χ4n) is 1.65.